The summed E-state index contributed by atoms with van der Waals surface area (Å²) < 4.78 is 5.41. The van der Waals surface area contributed by atoms with Gasteiger partial charge in [0.15, 0.2) is 0 Å². The molecule has 0 saturated heterocycles. The third-order valence-corrected chi connectivity index (χ3v) is 1.80. The van der Waals surface area contributed by atoms with E-state index in [-0.39, 0.29) is 6.61 Å². The van der Waals surface area contributed by atoms with Crippen molar-refractivity contribution in [2.24, 2.45) is 0 Å². The van der Waals surface area contributed by atoms with Crippen molar-refractivity contribution in [2.45, 2.75) is 26.7 Å². The van der Waals surface area contributed by atoms with Crippen molar-refractivity contribution in [3.05, 3.63) is 23.2 Å². The van der Waals surface area contributed by atoms with Gasteiger partial charge >= 0.3 is 0 Å². The van der Waals surface area contributed by atoms with Crippen molar-refractivity contribution >= 4 is 0 Å². The summed E-state index contributed by atoms with van der Waals surface area (Å²) in [6.45, 7) is 4.22. The first-order valence-electron chi connectivity index (χ1n) is 3.91. The topological polar surface area (TPSA) is 33.4 Å². The Balaban J connectivity index is 2.58. The normalized spacial score (nSPS) is 10.5. The van der Waals surface area contributed by atoms with E-state index in [4.69, 9.17) is 9.52 Å². The van der Waals surface area contributed by atoms with E-state index >= 15 is 0 Å². The molecule has 0 fully saturated rings. The highest BCUT2D eigenvalue weighted by atomic mass is 16.3. The van der Waals surface area contributed by atoms with Crippen molar-refractivity contribution in [3.8, 4) is 0 Å². The lowest BCUT2D eigenvalue weighted by Crippen LogP contribution is -1.86. The van der Waals surface area contributed by atoms with Crippen LogP contribution in [-0.2, 0) is 6.42 Å². The van der Waals surface area contributed by atoms with Gasteiger partial charge in [0.05, 0.1) is 0 Å². The summed E-state index contributed by atoms with van der Waals surface area (Å²) in [5.41, 5.74) is 1.19. The second kappa shape index (κ2) is 3.58. The van der Waals surface area contributed by atoms with Crippen LogP contribution in [0, 0.1) is 13.8 Å². The number of rotatable bonds is 3. The predicted octanol–water partition coefficient (Wildman–Crippen LogP) is 1.82. The fraction of sp³-hybridized carbons (Fsp3) is 0.556. The lowest BCUT2D eigenvalue weighted by molar-refractivity contribution is 0.284. The van der Waals surface area contributed by atoms with Crippen molar-refractivity contribution < 1.29 is 9.52 Å². The maximum atomic E-state index is 8.56. The fourth-order valence-electron chi connectivity index (χ4n) is 1.03. The van der Waals surface area contributed by atoms with Crippen LogP contribution < -0.4 is 0 Å². The Bertz CT molecular complexity index is 206. The number of hydrogen-bond acceptors (Lipinski definition) is 2. The lowest BCUT2D eigenvalue weighted by atomic mass is 10.2. The Kier molecular flexibility index (Phi) is 2.71. The summed E-state index contributed by atoms with van der Waals surface area (Å²) in [4.78, 5) is 0. The van der Waals surface area contributed by atoms with E-state index in [1.54, 1.807) is 0 Å². The smallest absolute Gasteiger partial charge is 0.104 e. The van der Waals surface area contributed by atoms with Gasteiger partial charge in [0.1, 0.15) is 11.5 Å². The first-order valence-corrected chi connectivity index (χ1v) is 3.91. The minimum atomic E-state index is 0.235. The van der Waals surface area contributed by atoms with Crippen molar-refractivity contribution in [1.82, 2.24) is 0 Å². The molecule has 0 aliphatic carbocycles. The lowest BCUT2D eigenvalue weighted by Gasteiger charge is -1.91. The van der Waals surface area contributed by atoms with Crippen LogP contribution in [-0.4, -0.2) is 11.7 Å². The van der Waals surface area contributed by atoms with Gasteiger partial charge in [-0.1, -0.05) is 0 Å². The molecule has 11 heavy (non-hydrogen) atoms. The Morgan fingerprint density at radius 1 is 1.45 bits per heavy atom. The van der Waals surface area contributed by atoms with Crippen LogP contribution in [0.3, 0.4) is 0 Å². The average molecular weight is 154 g/mol. The molecule has 0 saturated carbocycles. The van der Waals surface area contributed by atoms with E-state index in [9.17, 15) is 0 Å². The minimum Gasteiger partial charge on any atom is -0.466 e. The number of hydrogen-bond donors (Lipinski definition) is 1. The summed E-state index contributed by atoms with van der Waals surface area (Å²) in [5, 5.41) is 8.56. The highest BCUT2D eigenvalue weighted by Gasteiger charge is 2.01. The summed E-state index contributed by atoms with van der Waals surface area (Å²) in [7, 11) is 0. The summed E-state index contributed by atoms with van der Waals surface area (Å²) >= 11 is 0. The van der Waals surface area contributed by atoms with Crippen LogP contribution in [0.25, 0.3) is 0 Å². The van der Waals surface area contributed by atoms with Gasteiger partial charge in [0, 0.05) is 13.0 Å². The molecule has 0 spiro atoms. The first-order chi connectivity index (χ1) is 5.24. The molecule has 1 aromatic rings. The Morgan fingerprint density at radius 2 is 2.18 bits per heavy atom. The van der Waals surface area contributed by atoms with Crippen LogP contribution in [0.15, 0.2) is 10.5 Å². The zero-order valence-electron chi connectivity index (χ0n) is 7.05. The largest absolute Gasteiger partial charge is 0.466 e. The quantitative estimate of drug-likeness (QED) is 0.720. The minimum absolute atomic E-state index is 0.235. The van der Waals surface area contributed by atoms with Gasteiger partial charge in [-0.2, -0.15) is 0 Å². The molecule has 2 nitrogen and oxygen atoms in total. The number of aliphatic hydroxyl groups excluding tert-OH is 1. The molecule has 0 atom stereocenters. The summed E-state index contributed by atoms with van der Waals surface area (Å²) in [6, 6.07) is 2.03. The molecule has 1 aromatic heterocycles. The van der Waals surface area contributed by atoms with E-state index in [0.717, 1.165) is 24.4 Å². The number of aliphatic hydroxyl groups is 1. The molecule has 2 heteroatoms. The monoisotopic (exact) mass is 154 g/mol. The third kappa shape index (κ3) is 2.09. The van der Waals surface area contributed by atoms with Gasteiger partial charge in [-0.25, -0.2) is 0 Å². The van der Waals surface area contributed by atoms with Gasteiger partial charge in [-0.15, -0.1) is 0 Å². The molecular formula is C9H14O2. The second-order valence-electron chi connectivity index (χ2n) is 2.78. The Hall–Kier alpha value is -0.760. The van der Waals surface area contributed by atoms with Crippen LogP contribution in [0.5, 0.6) is 0 Å². The molecule has 0 unspecified atom stereocenters. The van der Waals surface area contributed by atoms with Crippen molar-refractivity contribution in [2.75, 3.05) is 6.61 Å². The van der Waals surface area contributed by atoms with E-state index < -0.39 is 0 Å². The third-order valence-electron chi connectivity index (χ3n) is 1.80. The zero-order valence-corrected chi connectivity index (χ0v) is 7.05. The van der Waals surface area contributed by atoms with Crippen LogP contribution in [0.1, 0.15) is 23.5 Å². The Labute approximate surface area is 66.8 Å². The van der Waals surface area contributed by atoms with Gasteiger partial charge in [-0.05, 0) is 31.9 Å². The van der Waals surface area contributed by atoms with Crippen LogP contribution >= 0.6 is 0 Å². The molecule has 0 aliphatic heterocycles. The molecule has 62 valence electrons. The SMILES string of the molecule is Cc1cc(CCCO)oc1C. The standard InChI is InChI=1S/C9H14O2/c1-7-6-9(4-3-5-10)11-8(7)2/h6,10H,3-5H2,1-2H3. The summed E-state index contributed by atoms with van der Waals surface area (Å²) in [5.74, 6) is 1.96. The molecule has 0 bridgehead atoms. The molecule has 0 radical (unpaired) electrons. The van der Waals surface area contributed by atoms with Gasteiger partial charge in [0.25, 0.3) is 0 Å². The highest BCUT2D eigenvalue weighted by Crippen LogP contribution is 2.14. The molecule has 1 N–H and O–H groups in total. The molecule has 0 amide bonds. The van der Waals surface area contributed by atoms with E-state index in [2.05, 4.69) is 0 Å². The van der Waals surface area contributed by atoms with E-state index in [1.165, 1.54) is 5.56 Å². The maximum absolute atomic E-state index is 8.56. The van der Waals surface area contributed by atoms with Crippen LogP contribution in [0.4, 0.5) is 0 Å². The maximum Gasteiger partial charge on any atom is 0.104 e. The first kappa shape index (κ1) is 8.34. The molecule has 0 aromatic carbocycles. The number of furan rings is 1. The van der Waals surface area contributed by atoms with Crippen LogP contribution in [0.2, 0.25) is 0 Å². The summed E-state index contributed by atoms with van der Waals surface area (Å²) in [6.07, 6.45) is 1.62. The van der Waals surface area contributed by atoms with E-state index in [1.807, 2.05) is 19.9 Å². The molecule has 1 heterocycles. The van der Waals surface area contributed by atoms with Gasteiger partial charge < -0.3 is 9.52 Å². The fourth-order valence-corrected chi connectivity index (χ4v) is 1.03. The van der Waals surface area contributed by atoms with Gasteiger partial charge in [0.2, 0.25) is 0 Å². The Morgan fingerprint density at radius 3 is 2.64 bits per heavy atom. The van der Waals surface area contributed by atoms with Crippen molar-refractivity contribution in [3.63, 3.8) is 0 Å². The van der Waals surface area contributed by atoms with E-state index in [0.29, 0.717) is 0 Å². The number of aryl methyl sites for hydroxylation is 3. The molecular weight excluding hydrogens is 140 g/mol. The zero-order chi connectivity index (χ0) is 8.27. The predicted molar refractivity (Wildman–Crippen MR) is 43.6 cm³/mol. The second-order valence-corrected chi connectivity index (χ2v) is 2.78. The van der Waals surface area contributed by atoms with Crippen molar-refractivity contribution in [1.29, 1.82) is 0 Å². The molecule has 1 rings (SSSR count). The average Bonchev–Trinajstić information content (AvgIpc) is 2.28. The molecule has 0 aliphatic rings. The highest BCUT2D eigenvalue weighted by molar-refractivity contribution is 5.18. The van der Waals surface area contributed by atoms with Gasteiger partial charge in [-0.3, -0.25) is 0 Å².